The Morgan fingerprint density at radius 2 is 2.05 bits per heavy atom. The Bertz CT molecular complexity index is 635. The molecule has 0 atom stereocenters. The molecular formula is C13H9Cl2NO3. The first-order valence-corrected chi connectivity index (χ1v) is 6.03. The second-order valence-corrected chi connectivity index (χ2v) is 4.48. The molecule has 19 heavy (non-hydrogen) atoms. The Balaban J connectivity index is 2.26. The van der Waals surface area contributed by atoms with E-state index in [2.05, 4.69) is 0 Å². The van der Waals surface area contributed by atoms with Crippen LogP contribution in [0, 0.1) is 0 Å². The molecule has 0 aliphatic rings. The Kier molecular flexibility index (Phi) is 4.27. The van der Waals surface area contributed by atoms with Crippen molar-refractivity contribution in [2.45, 2.75) is 0 Å². The first-order chi connectivity index (χ1) is 9.10. The third-order valence-corrected chi connectivity index (χ3v) is 2.88. The number of nitrogens with one attached hydrogen (secondary N) is 1. The summed E-state index contributed by atoms with van der Waals surface area (Å²) in [6.07, 6.45) is 2.57. The number of hydrogen-bond acceptors (Lipinski definition) is 3. The minimum absolute atomic E-state index is 0.463. The van der Waals surface area contributed by atoms with Crippen LogP contribution in [0.4, 0.5) is 0 Å². The van der Waals surface area contributed by atoms with E-state index >= 15 is 0 Å². The fourth-order valence-electron chi connectivity index (χ4n) is 1.47. The van der Waals surface area contributed by atoms with Crippen molar-refractivity contribution in [1.82, 2.24) is 5.48 Å². The minimum atomic E-state index is -0.637. The van der Waals surface area contributed by atoms with Crippen molar-refractivity contribution in [3.63, 3.8) is 0 Å². The third kappa shape index (κ3) is 3.38. The number of hydroxylamine groups is 1. The summed E-state index contributed by atoms with van der Waals surface area (Å²) in [4.78, 5) is 10.8. The van der Waals surface area contributed by atoms with Gasteiger partial charge in [0, 0.05) is 16.7 Å². The number of rotatable bonds is 3. The van der Waals surface area contributed by atoms with Crippen LogP contribution < -0.4 is 5.48 Å². The molecule has 1 aromatic carbocycles. The van der Waals surface area contributed by atoms with Crippen LogP contribution in [0.25, 0.3) is 17.4 Å². The summed E-state index contributed by atoms with van der Waals surface area (Å²) in [6, 6.07) is 8.49. The molecule has 1 aromatic heterocycles. The highest BCUT2D eigenvalue weighted by atomic mass is 35.5. The van der Waals surface area contributed by atoms with Gasteiger partial charge in [-0.1, -0.05) is 23.2 Å². The van der Waals surface area contributed by atoms with E-state index in [1.165, 1.54) is 11.6 Å². The zero-order chi connectivity index (χ0) is 13.8. The molecule has 2 rings (SSSR count). The van der Waals surface area contributed by atoms with Crippen molar-refractivity contribution in [2.75, 3.05) is 0 Å². The van der Waals surface area contributed by atoms with Gasteiger partial charge in [0.1, 0.15) is 11.5 Å². The number of furan rings is 1. The van der Waals surface area contributed by atoms with Gasteiger partial charge in [-0.15, -0.1) is 0 Å². The highest BCUT2D eigenvalue weighted by molar-refractivity contribution is 6.36. The standard InChI is InChI=1S/C13H9Cl2NO3/c14-8-1-4-10(11(15)7-8)12-5-2-9(19-12)3-6-13(17)16-18/h1-7,18H,(H,16,17)/b6-3+. The van der Waals surface area contributed by atoms with E-state index < -0.39 is 5.91 Å². The molecule has 0 radical (unpaired) electrons. The maximum absolute atomic E-state index is 10.8. The Morgan fingerprint density at radius 1 is 1.26 bits per heavy atom. The molecule has 1 amide bonds. The summed E-state index contributed by atoms with van der Waals surface area (Å²) in [5.74, 6) is 0.387. The average Bonchev–Trinajstić information content (AvgIpc) is 2.84. The zero-order valence-corrected chi connectivity index (χ0v) is 11.1. The second-order valence-electron chi connectivity index (χ2n) is 3.64. The first-order valence-electron chi connectivity index (χ1n) is 5.27. The molecule has 0 aliphatic heterocycles. The van der Waals surface area contributed by atoms with Crippen LogP contribution in [0.5, 0.6) is 0 Å². The van der Waals surface area contributed by atoms with E-state index in [-0.39, 0.29) is 0 Å². The number of carbonyl (C=O) groups is 1. The van der Waals surface area contributed by atoms with Gasteiger partial charge in [0.15, 0.2) is 0 Å². The second kappa shape index (κ2) is 5.93. The van der Waals surface area contributed by atoms with Gasteiger partial charge in [0.25, 0.3) is 5.91 Å². The maximum Gasteiger partial charge on any atom is 0.267 e. The predicted octanol–water partition coefficient (Wildman–Crippen LogP) is 3.77. The van der Waals surface area contributed by atoms with E-state index in [1.807, 2.05) is 0 Å². The lowest BCUT2D eigenvalue weighted by molar-refractivity contribution is -0.124. The summed E-state index contributed by atoms with van der Waals surface area (Å²) in [5.41, 5.74) is 2.19. The lowest BCUT2D eigenvalue weighted by Gasteiger charge is -2.00. The van der Waals surface area contributed by atoms with Crippen molar-refractivity contribution >= 4 is 35.2 Å². The van der Waals surface area contributed by atoms with Gasteiger partial charge in [-0.3, -0.25) is 10.0 Å². The topological polar surface area (TPSA) is 62.5 Å². The van der Waals surface area contributed by atoms with Gasteiger partial charge in [0.05, 0.1) is 5.02 Å². The van der Waals surface area contributed by atoms with Crippen molar-refractivity contribution < 1.29 is 14.4 Å². The zero-order valence-electron chi connectivity index (χ0n) is 9.56. The van der Waals surface area contributed by atoms with Gasteiger partial charge < -0.3 is 4.42 Å². The molecule has 0 aliphatic carbocycles. The highest BCUT2D eigenvalue weighted by Crippen LogP contribution is 2.31. The summed E-state index contributed by atoms with van der Waals surface area (Å²) >= 11 is 11.9. The van der Waals surface area contributed by atoms with Crippen molar-refractivity contribution in [3.8, 4) is 11.3 Å². The van der Waals surface area contributed by atoms with Gasteiger partial charge in [-0.05, 0) is 36.4 Å². The van der Waals surface area contributed by atoms with E-state index in [9.17, 15) is 4.79 Å². The van der Waals surface area contributed by atoms with E-state index in [0.717, 1.165) is 6.08 Å². The molecule has 2 N–H and O–H groups in total. The Hall–Kier alpha value is -1.75. The van der Waals surface area contributed by atoms with E-state index in [1.54, 1.807) is 30.3 Å². The van der Waals surface area contributed by atoms with E-state index in [0.29, 0.717) is 27.1 Å². The van der Waals surface area contributed by atoms with Crippen LogP contribution in [-0.4, -0.2) is 11.1 Å². The summed E-state index contributed by atoms with van der Waals surface area (Å²) in [5, 5.41) is 9.37. The van der Waals surface area contributed by atoms with Crippen LogP contribution in [0.3, 0.4) is 0 Å². The number of halogens is 2. The molecule has 4 nitrogen and oxygen atoms in total. The number of hydrogen-bond donors (Lipinski definition) is 2. The fraction of sp³-hybridized carbons (Fsp3) is 0. The SMILES string of the molecule is O=C(/C=C/c1ccc(-c2ccc(Cl)cc2Cl)o1)NO. The van der Waals surface area contributed by atoms with Crippen LogP contribution in [0.1, 0.15) is 5.76 Å². The first kappa shape index (κ1) is 13.7. The Morgan fingerprint density at radius 3 is 2.74 bits per heavy atom. The van der Waals surface area contributed by atoms with E-state index in [4.69, 9.17) is 32.8 Å². The smallest absolute Gasteiger partial charge is 0.267 e. The third-order valence-electron chi connectivity index (χ3n) is 2.33. The molecule has 1 heterocycles. The maximum atomic E-state index is 10.8. The van der Waals surface area contributed by atoms with Gasteiger partial charge in [-0.25, -0.2) is 5.48 Å². The quantitative estimate of drug-likeness (QED) is 0.515. The van der Waals surface area contributed by atoms with Crippen molar-refractivity contribution in [3.05, 3.63) is 52.2 Å². The molecule has 0 unspecified atom stereocenters. The van der Waals surface area contributed by atoms with Crippen LogP contribution in [-0.2, 0) is 4.79 Å². The number of amides is 1. The van der Waals surface area contributed by atoms with Crippen LogP contribution in [0.15, 0.2) is 40.8 Å². The average molecular weight is 298 g/mol. The molecule has 0 saturated carbocycles. The molecule has 6 heteroatoms. The Labute approximate surface area is 119 Å². The fourth-order valence-corrected chi connectivity index (χ4v) is 1.97. The number of benzene rings is 1. The van der Waals surface area contributed by atoms with Gasteiger partial charge in [-0.2, -0.15) is 0 Å². The lowest BCUT2D eigenvalue weighted by atomic mass is 10.2. The molecule has 0 bridgehead atoms. The summed E-state index contributed by atoms with van der Waals surface area (Å²) in [6.45, 7) is 0. The monoisotopic (exact) mass is 297 g/mol. The summed E-state index contributed by atoms with van der Waals surface area (Å²) < 4.78 is 5.51. The molecule has 2 aromatic rings. The molecule has 98 valence electrons. The van der Waals surface area contributed by atoms with Crippen molar-refractivity contribution in [1.29, 1.82) is 0 Å². The van der Waals surface area contributed by atoms with Gasteiger partial charge in [0.2, 0.25) is 0 Å². The van der Waals surface area contributed by atoms with Gasteiger partial charge >= 0.3 is 0 Å². The number of carbonyl (C=O) groups excluding carboxylic acids is 1. The van der Waals surface area contributed by atoms with Crippen LogP contribution >= 0.6 is 23.2 Å². The summed E-state index contributed by atoms with van der Waals surface area (Å²) in [7, 11) is 0. The van der Waals surface area contributed by atoms with Crippen molar-refractivity contribution in [2.24, 2.45) is 0 Å². The predicted molar refractivity (Wildman–Crippen MR) is 73.1 cm³/mol. The van der Waals surface area contributed by atoms with Crippen LogP contribution in [0.2, 0.25) is 10.0 Å². The molecular weight excluding hydrogens is 289 g/mol. The lowest BCUT2D eigenvalue weighted by Crippen LogP contribution is -2.14. The normalized spacial score (nSPS) is 10.9. The molecule has 0 spiro atoms. The highest BCUT2D eigenvalue weighted by Gasteiger charge is 2.08. The minimum Gasteiger partial charge on any atom is -0.457 e. The molecule has 0 saturated heterocycles. The largest absolute Gasteiger partial charge is 0.457 e. The molecule has 0 fully saturated rings.